The van der Waals surface area contributed by atoms with Gasteiger partial charge in [-0.05, 0) is 55.5 Å². The van der Waals surface area contributed by atoms with Gasteiger partial charge in [-0.25, -0.2) is 9.79 Å². The molecule has 4 rings (SSSR count). The van der Waals surface area contributed by atoms with Crippen LogP contribution in [-0.2, 0) is 9.53 Å². The molecule has 0 saturated heterocycles. The van der Waals surface area contributed by atoms with Crippen LogP contribution in [0.1, 0.15) is 31.0 Å². The van der Waals surface area contributed by atoms with Crippen LogP contribution in [0.25, 0.3) is 0 Å². The van der Waals surface area contributed by atoms with E-state index in [4.69, 9.17) is 14.2 Å². The van der Waals surface area contributed by atoms with Crippen molar-refractivity contribution in [1.29, 1.82) is 0 Å². The van der Waals surface area contributed by atoms with Crippen LogP contribution in [-0.4, -0.2) is 35.9 Å². The van der Waals surface area contributed by atoms with Gasteiger partial charge >= 0.3 is 5.97 Å². The first-order valence-electron chi connectivity index (χ1n) is 10.6. The van der Waals surface area contributed by atoms with Crippen LogP contribution >= 0.6 is 11.8 Å². The number of para-hydroxylation sites is 1. The van der Waals surface area contributed by atoms with Crippen molar-refractivity contribution in [2.75, 3.05) is 19.8 Å². The summed E-state index contributed by atoms with van der Waals surface area (Å²) in [5.74, 6) is 1.28. The van der Waals surface area contributed by atoms with E-state index in [-0.39, 0.29) is 12.0 Å². The van der Waals surface area contributed by atoms with Crippen molar-refractivity contribution in [1.82, 2.24) is 4.90 Å². The van der Waals surface area contributed by atoms with E-state index in [2.05, 4.69) is 4.99 Å². The van der Waals surface area contributed by atoms with Crippen LogP contribution in [0, 0.1) is 6.92 Å². The number of esters is 1. The van der Waals surface area contributed by atoms with Crippen LogP contribution in [0.4, 0.5) is 0 Å². The van der Waals surface area contributed by atoms with Crippen molar-refractivity contribution >= 4 is 22.9 Å². The molecule has 0 unspecified atom stereocenters. The Balaban J connectivity index is 1.45. The number of carbonyl (C=O) groups excluding carboxylic acids is 1. The van der Waals surface area contributed by atoms with E-state index in [1.807, 2.05) is 78.9 Å². The summed E-state index contributed by atoms with van der Waals surface area (Å²) in [6.07, 6.45) is 1.95. The van der Waals surface area contributed by atoms with Gasteiger partial charge in [0.25, 0.3) is 0 Å². The zero-order valence-electron chi connectivity index (χ0n) is 18.4. The molecule has 2 heterocycles. The van der Waals surface area contributed by atoms with Crippen molar-refractivity contribution in [3.63, 3.8) is 0 Å². The van der Waals surface area contributed by atoms with Gasteiger partial charge in [0, 0.05) is 6.20 Å². The normalized spacial score (nSPS) is 17.2. The molecule has 0 radical (unpaired) electrons. The highest BCUT2D eigenvalue weighted by Crippen LogP contribution is 2.41. The molecule has 166 valence electrons. The van der Waals surface area contributed by atoms with Gasteiger partial charge in [0.15, 0.2) is 5.17 Å². The fourth-order valence-electron chi connectivity index (χ4n) is 3.67. The molecular formula is C25H26N2O4S. The number of hydrogen-bond acceptors (Lipinski definition) is 7. The summed E-state index contributed by atoms with van der Waals surface area (Å²) >= 11 is 1.54. The Morgan fingerprint density at radius 2 is 1.81 bits per heavy atom. The quantitative estimate of drug-likeness (QED) is 0.406. The van der Waals surface area contributed by atoms with Crippen molar-refractivity contribution in [3.8, 4) is 11.5 Å². The van der Waals surface area contributed by atoms with Crippen LogP contribution in [0.2, 0.25) is 0 Å². The molecule has 2 aromatic carbocycles. The van der Waals surface area contributed by atoms with Gasteiger partial charge in [0.2, 0.25) is 0 Å². The predicted molar refractivity (Wildman–Crippen MR) is 127 cm³/mol. The standard InChI is InChI=1S/C25H26N2O4S/c1-4-29-24(28)22-18(3)26-25-27(13-16-32-25)23(22)19-9-11-20(12-10-19)30-14-15-31-21-8-6-5-7-17(21)2/h5-13,16,23H,4,14-15H2,1-3H3/t23-/m0/s1. The van der Waals surface area contributed by atoms with Gasteiger partial charge in [-0.3, -0.25) is 0 Å². The SMILES string of the molecule is CCOC(=O)C1=C(C)N=C2SC=CN2[C@H]1c1ccc(OCCOc2ccccc2C)cc1. The van der Waals surface area contributed by atoms with E-state index in [1.165, 1.54) is 0 Å². The lowest BCUT2D eigenvalue weighted by molar-refractivity contribution is -0.139. The second kappa shape index (κ2) is 9.96. The van der Waals surface area contributed by atoms with E-state index >= 15 is 0 Å². The molecule has 2 aliphatic rings. The van der Waals surface area contributed by atoms with E-state index in [0.717, 1.165) is 27.8 Å². The third kappa shape index (κ3) is 4.67. The third-order valence-electron chi connectivity index (χ3n) is 5.21. The second-order valence-corrected chi connectivity index (χ2v) is 8.23. The molecular weight excluding hydrogens is 424 g/mol. The number of allylic oxidation sites excluding steroid dienone is 1. The van der Waals surface area contributed by atoms with Crippen molar-refractivity contribution in [3.05, 3.63) is 82.5 Å². The smallest absolute Gasteiger partial charge is 0.338 e. The molecule has 0 aliphatic carbocycles. The van der Waals surface area contributed by atoms with Gasteiger partial charge in [-0.1, -0.05) is 42.1 Å². The highest BCUT2D eigenvalue weighted by atomic mass is 32.2. The van der Waals surface area contributed by atoms with Gasteiger partial charge < -0.3 is 19.1 Å². The topological polar surface area (TPSA) is 60.4 Å². The van der Waals surface area contributed by atoms with Gasteiger partial charge in [-0.15, -0.1) is 0 Å². The molecule has 0 bridgehead atoms. The van der Waals surface area contributed by atoms with E-state index in [0.29, 0.717) is 31.1 Å². The Kier molecular flexibility index (Phi) is 6.85. The maximum Gasteiger partial charge on any atom is 0.338 e. The average molecular weight is 451 g/mol. The number of rotatable bonds is 8. The molecule has 0 amide bonds. The third-order valence-corrected chi connectivity index (χ3v) is 5.99. The largest absolute Gasteiger partial charge is 0.490 e. The van der Waals surface area contributed by atoms with E-state index in [1.54, 1.807) is 18.7 Å². The lowest BCUT2D eigenvalue weighted by Crippen LogP contribution is -2.34. The monoisotopic (exact) mass is 450 g/mol. The van der Waals surface area contributed by atoms with Crippen LogP contribution in [0.3, 0.4) is 0 Å². The number of aryl methyl sites for hydroxylation is 1. The first kappa shape index (κ1) is 22.0. The zero-order chi connectivity index (χ0) is 22.5. The van der Waals surface area contributed by atoms with Crippen molar-refractivity contribution in [2.24, 2.45) is 4.99 Å². The molecule has 0 fully saturated rings. The lowest BCUT2D eigenvalue weighted by atomic mass is 9.95. The number of nitrogens with zero attached hydrogens (tertiary/aromatic N) is 2. The fourth-order valence-corrected chi connectivity index (χ4v) is 4.47. The molecule has 0 saturated carbocycles. The minimum atomic E-state index is -0.336. The van der Waals surface area contributed by atoms with Gasteiger partial charge in [-0.2, -0.15) is 0 Å². The molecule has 32 heavy (non-hydrogen) atoms. The molecule has 0 spiro atoms. The number of thioether (sulfide) groups is 1. The Morgan fingerprint density at radius 1 is 1.06 bits per heavy atom. The predicted octanol–water partition coefficient (Wildman–Crippen LogP) is 5.22. The zero-order valence-corrected chi connectivity index (χ0v) is 19.2. The van der Waals surface area contributed by atoms with E-state index < -0.39 is 0 Å². The fraction of sp³-hybridized carbons (Fsp3) is 0.280. The summed E-state index contributed by atoms with van der Waals surface area (Å²) in [5, 5.41) is 2.83. The second-order valence-electron chi connectivity index (χ2n) is 7.36. The lowest BCUT2D eigenvalue weighted by Gasteiger charge is -2.33. The minimum absolute atomic E-state index is 0.286. The van der Waals surface area contributed by atoms with Gasteiger partial charge in [0.05, 0.1) is 23.9 Å². The molecule has 2 aliphatic heterocycles. The van der Waals surface area contributed by atoms with Crippen LogP contribution in [0.15, 0.2) is 76.4 Å². The summed E-state index contributed by atoms with van der Waals surface area (Å²) in [7, 11) is 0. The Bertz CT molecular complexity index is 1080. The van der Waals surface area contributed by atoms with Crippen LogP contribution in [0.5, 0.6) is 11.5 Å². The Hall–Kier alpha value is -3.19. The summed E-state index contributed by atoms with van der Waals surface area (Å²) in [5.41, 5.74) is 3.31. The molecule has 1 atom stereocenters. The maximum atomic E-state index is 12.7. The number of amidine groups is 1. The molecule has 0 N–H and O–H groups in total. The Morgan fingerprint density at radius 3 is 2.56 bits per heavy atom. The first-order valence-corrected chi connectivity index (χ1v) is 11.5. The van der Waals surface area contributed by atoms with Crippen molar-refractivity contribution in [2.45, 2.75) is 26.8 Å². The molecule has 6 nitrogen and oxygen atoms in total. The maximum absolute atomic E-state index is 12.7. The highest BCUT2D eigenvalue weighted by Gasteiger charge is 2.37. The minimum Gasteiger partial charge on any atom is -0.490 e. The number of ether oxygens (including phenoxy) is 3. The van der Waals surface area contributed by atoms with E-state index in [9.17, 15) is 4.79 Å². The van der Waals surface area contributed by atoms with Crippen LogP contribution < -0.4 is 9.47 Å². The summed E-state index contributed by atoms with van der Waals surface area (Å²) < 4.78 is 17.0. The summed E-state index contributed by atoms with van der Waals surface area (Å²) in [6, 6.07) is 15.4. The number of aliphatic imine (C=N–C) groups is 1. The summed E-state index contributed by atoms with van der Waals surface area (Å²) in [4.78, 5) is 19.3. The average Bonchev–Trinajstić information content (AvgIpc) is 3.25. The number of fused-ring (bicyclic) bond motifs is 1. The number of hydrogen-bond donors (Lipinski definition) is 0. The Labute approximate surface area is 192 Å². The van der Waals surface area contributed by atoms with Crippen molar-refractivity contribution < 1.29 is 19.0 Å². The molecule has 7 heteroatoms. The number of carbonyl (C=O) groups is 1. The molecule has 2 aromatic rings. The summed E-state index contributed by atoms with van der Waals surface area (Å²) in [6.45, 7) is 6.90. The first-order chi connectivity index (χ1) is 15.6. The number of benzene rings is 2. The van der Waals surface area contributed by atoms with Gasteiger partial charge in [0.1, 0.15) is 24.7 Å². The molecule has 0 aromatic heterocycles. The highest BCUT2D eigenvalue weighted by molar-refractivity contribution is 8.16.